The minimum atomic E-state index is -0.188. The number of ether oxygens (including phenoxy) is 1. The van der Waals surface area contributed by atoms with Gasteiger partial charge in [-0.05, 0) is 67.7 Å². The average molecular weight is 411 g/mol. The Kier molecular flexibility index (Phi) is 6.93. The van der Waals surface area contributed by atoms with Gasteiger partial charge in [0.1, 0.15) is 11.5 Å². The van der Waals surface area contributed by atoms with Crippen LogP contribution in [-0.2, 0) is 13.2 Å². The average Bonchev–Trinajstić information content (AvgIpc) is 3.21. The number of hydrogen-bond donors (Lipinski definition) is 2. The third kappa shape index (κ3) is 4.80. The van der Waals surface area contributed by atoms with Gasteiger partial charge in [0.25, 0.3) is 0 Å². The zero-order valence-electron chi connectivity index (χ0n) is 18.0. The molecule has 2 fully saturated rings. The van der Waals surface area contributed by atoms with E-state index < -0.39 is 0 Å². The second-order valence-electron chi connectivity index (χ2n) is 8.64. The van der Waals surface area contributed by atoms with E-state index in [-0.39, 0.29) is 12.4 Å². The van der Waals surface area contributed by atoms with E-state index in [1.54, 1.807) is 13.2 Å². The summed E-state index contributed by atoms with van der Waals surface area (Å²) in [5.41, 5.74) is 3.73. The predicted octanol–water partition coefficient (Wildman–Crippen LogP) is 4.01. The maximum atomic E-state index is 9.90. The van der Waals surface area contributed by atoms with Crippen molar-refractivity contribution in [3.63, 3.8) is 0 Å². The standard InChI is InChI=1S/C25H34N2O3/c1-30-25-10-7-19(15-23(25)20-8-9-24(29)21(16-20)18-28)17-26-11-4-12-27(14-13-26)22-5-2-3-6-22/h7-10,15-16,22,28-29H,2-6,11-14,17-18H2,1H3. The number of nitrogens with zero attached hydrogens (tertiary/aromatic N) is 2. The molecule has 162 valence electrons. The van der Waals surface area contributed by atoms with Gasteiger partial charge in [-0.15, -0.1) is 0 Å². The monoisotopic (exact) mass is 410 g/mol. The van der Waals surface area contributed by atoms with Crippen LogP contribution < -0.4 is 4.74 Å². The van der Waals surface area contributed by atoms with Crippen LogP contribution in [0.1, 0.15) is 43.2 Å². The van der Waals surface area contributed by atoms with Crippen LogP contribution in [-0.4, -0.2) is 59.3 Å². The Balaban J connectivity index is 1.49. The van der Waals surface area contributed by atoms with Crippen molar-refractivity contribution < 1.29 is 14.9 Å². The fourth-order valence-corrected chi connectivity index (χ4v) is 5.00. The van der Waals surface area contributed by atoms with Gasteiger partial charge < -0.3 is 14.9 Å². The Hall–Kier alpha value is -2.08. The molecule has 0 amide bonds. The van der Waals surface area contributed by atoms with Crippen LogP contribution >= 0.6 is 0 Å². The number of benzene rings is 2. The molecule has 0 radical (unpaired) electrons. The SMILES string of the molecule is COc1ccc(CN2CCCN(C3CCCC3)CC2)cc1-c1ccc(O)c(CO)c1. The first-order valence-electron chi connectivity index (χ1n) is 11.2. The van der Waals surface area contributed by atoms with Gasteiger partial charge in [-0.1, -0.05) is 25.0 Å². The van der Waals surface area contributed by atoms with Crippen LogP contribution in [0.3, 0.4) is 0 Å². The second-order valence-corrected chi connectivity index (χ2v) is 8.64. The lowest BCUT2D eigenvalue weighted by atomic mass is 9.99. The van der Waals surface area contributed by atoms with E-state index >= 15 is 0 Å². The van der Waals surface area contributed by atoms with Crippen LogP contribution in [0.15, 0.2) is 36.4 Å². The van der Waals surface area contributed by atoms with Crippen LogP contribution in [0.4, 0.5) is 0 Å². The summed E-state index contributed by atoms with van der Waals surface area (Å²) in [4.78, 5) is 5.29. The van der Waals surface area contributed by atoms with Crippen molar-refractivity contribution in [3.8, 4) is 22.6 Å². The molecule has 30 heavy (non-hydrogen) atoms. The van der Waals surface area contributed by atoms with Crippen molar-refractivity contribution in [1.82, 2.24) is 9.80 Å². The molecule has 2 aliphatic rings. The molecule has 1 aliphatic heterocycles. The zero-order valence-corrected chi connectivity index (χ0v) is 18.0. The number of methoxy groups -OCH3 is 1. The van der Waals surface area contributed by atoms with Gasteiger partial charge in [-0.2, -0.15) is 0 Å². The largest absolute Gasteiger partial charge is 0.508 e. The van der Waals surface area contributed by atoms with E-state index in [1.807, 2.05) is 18.2 Å². The molecule has 0 unspecified atom stereocenters. The molecule has 1 saturated carbocycles. The highest BCUT2D eigenvalue weighted by Crippen LogP contribution is 2.34. The lowest BCUT2D eigenvalue weighted by Crippen LogP contribution is -2.36. The van der Waals surface area contributed by atoms with Gasteiger partial charge >= 0.3 is 0 Å². The molecular formula is C25H34N2O3. The molecule has 0 spiro atoms. The Bertz CT molecular complexity index is 848. The molecule has 0 bridgehead atoms. The Morgan fingerprint density at radius 3 is 2.57 bits per heavy atom. The maximum absolute atomic E-state index is 9.90. The van der Waals surface area contributed by atoms with Gasteiger partial charge in [0.2, 0.25) is 0 Å². The Morgan fingerprint density at radius 1 is 0.967 bits per heavy atom. The smallest absolute Gasteiger partial charge is 0.126 e. The summed E-state index contributed by atoms with van der Waals surface area (Å²) in [6.45, 7) is 5.40. The van der Waals surface area contributed by atoms with Crippen molar-refractivity contribution in [2.24, 2.45) is 0 Å². The van der Waals surface area contributed by atoms with Gasteiger partial charge in [-0.3, -0.25) is 9.80 Å². The number of aliphatic hydroxyl groups excluding tert-OH is 1. The van der Waals surface area contributed by atoms with Crippen LogP contribution in [0.2, 0.25) is 0 Å². The molecule has 1 aliphatic carbocycles. The third-order valence-electron chi connectivity index (χ3n) is 6.70. The molecule has 1 saturated heterocycles. The van der Waals surface area contributed by atoms with Crippen molar-refractivity contribution in [2.45, 2.75) is 51.3 Å². The van der Waals surface area contributed by atoms with Gasteiger partial charge in [0.15, 0.2) is 0 Å². The van der Waals surface area contributed by atoms with Crippen molar-refractivity contribution >= 4 is 0 Å². The van der Waals surface area contributed by atoms with Gasteiger partial charge in [-0.25, -0.2) is 0 Å². The second kappa shape index (κ2) is 9.82. The summed E-state index contributed by atoms with van der Waals surface area (Å²) in [5.74, 6) is 0.921. The summed E-state index contributed by atoms with van der Waals surface area (Å²) in [5, 5.41) is 19.4. The number of hydrogen-bond acceptors (Lipinski definition) is 5. The fraction of sp³-hybridized carbons (Fsp3) is 0.520. The van der Waals surface area contributed by atoms with Gasteiger partial charge in [0.05, 0.1) is 13.7 Å². The first-order valence-corrected chi connectivity index (χ1v) is 11.2. The lowest BCUT2D eigenvalue weighted by molar-refractivity contribution is 0.198. The molecule has 0 aromatic heterocycles. The normalized spacial score (nSPS) is 19.1. The summed E-state index contributed by atoms with van der Waals surface area (Å²) in [6.07, 6.45) is 6.79. The fourth-order valence-electron chi connectivity index (χ4n) is 5.00. The van der Waals surface area contributed by atoms with E-state index in [0.717, 1.165) is 42.6 Å². The topological polar surface area (TPSA) is 56.2 Å². The van der Waals surface area contributed by atoms with Crippen LogP contribution in [0, 0.1) is 0 Å². The summed E-state index contributed by atoms with van der Waals surface area (Å²) in [6, 6.07) is 12.5. The molecule has 0 atom stereocenters. The molecule has 1 heterocycles. The van der Waals surface area contributed by atoms with Crippen LogP contribution in [0.5, 0.6) is 11.5 Å². The van der Waals surface area contributed by atoms with E-state index in [2.05, 4.69) is 21.9 Å². The predicted molar refractivity (Wildman–Crippen MR) is 120 cm³/mol. The number of rotatable bonds is 6. The van der Waals surface area contributed by atoms with E-state index in [4.69, 9.17) is 4.74 Å². The third-order valence-corrected chi connectivity index (χ3v) is 6.70. The molecule has 5 heteroatoms. The minimum Gasteiger partial charge on any atom is -0.508 e. The van der Waals surface area contributed by atoms with Crippen molar-refractivity contribution in [1.29, 1.82) is 0 Å². The molecule has 4 rings (SSSR count). The van der Waals surface area contributed by atoms with Crippen molar-refractivity contribution in [3.05, 3.63) is 47.5 Å². The maximum Gasteiger partial charge on any atom is 0.126 e. The highest BCUT2D eigenvalue weighted by atomic mass is 16.5. The number of phenols is 1. The summed E-state index contributed by atoms with van der Waals surface area (Å²) in [7, 11) is 1.68. The molecule has 2 aromatic carbocycles. The van der Waals surface area contributed by atoms with Crippen molar-refractivity contribution in [2.75, 3.05) is 33.3 Å². The van der Waals surface area contributed by atoms with E-state index in [0.29, 0.717) is 5.56 Å². The molecule has 2 aromatic rings. The first-order chi connectivity index (χ1) is 14.7. The quantitative estimate of drug-likeness (QED) is 0.754. The highest BCUT2D eigenvalue weighted by Gasteiger charge is 2.24. The van der Waals surface area contributed by atoms with E-state index in [9.17, 15) is 10.2 Å². The lowest BCUT2D eigenvalue weighted by Gasteiger charge is -2.27. The first kappa shape index (κ1) is 21.2. The molecule has 5 nitrogen and oxygen atoms in total. The zero-order chi connectivity index (χ0) is 20.9. The van der Waals surface area contributed by atoms with Gasteiger partial charge in [0, 0.05) is 36.8 Å². The van der Waals surface area contributed by atoms with E-state index in [1.165, 1.54) is 50.8 Å². The summed E-state index contributed by atoms with van der Waals surface area (Å²) < 4.78 is 5.59. The number of aromatic hydroxyl groups is 1. The molecular weight excluding hydrogens is 376 g/mol. The highest BCUT2D eigenvalue weighted by molar-refractivity contribution is 5.72. The summed E-state index contributed by atoms with van der Waals surface area (Å²) >= 11 is 0. The molecule has 2 N–H and O–H groups in total. The van der Waals surface area contributed by atoms with Crippen LogP contribution in [0.25, 0.3) is 11.1 Å². The Morgan fingerprint density at radius 2 is 1.80 bits per heavy atom. The Labute approximate surface area is 179 Å². The number of aliphatic hydroxyl groups is 1. The minimum absolute atomic E-state index is 0.118.